The van der Waals surface area contributed by atoms with Crippen molar-refractivity contribution in [3.63, 3.8) is 0 Å². The van der Waals surface area contributed by atoms with Crippen LogP contribution in [0.15, 0.2) is 24.3 Å². The van der Waals surface area contributed by atoms with Gasteiger partial charge in [0.2, 0.25) is 0 Å². The van der Waals surface area contributed by atoms with Gasteiger partial charge in [0, 0.05) is 13.6 Å². The first kappa shape index (κ1) is 17.3. The third-order valence-electron chi connectivity index (χ3n) is 3.96. The lowest BCUT2D eigenvalue weighted by atomic mass is 10.0. The summed E-state index contributed by atoms with van der Waals surface area (Å²) in [6.45, 7) is 9.13. The lowest BCUT2D eigenvalue weighted by Gasteiger charge is -2.08. The van der Waals surface area contributed by atoms with E-state index in [4.69, 9.17) is 0 Å². The van der Waals surface area contributed by atoms with Gasteiger partial charge in [-0.3, -0.25) is 9.48 Å². The standard InChI is InChI=1S/C19H27N3O/c1-13(2)10-17-12-18(22(5)21-17)19(23)20-9-8-16-11-14(3)6-7-15(16)4/h6-7,11-13H,8-10H2,1-5H3,(H,20,23). The van der Waals surface area contributed by atoms with Crippen LogP contribution in [0.5, 0.6) is 0 Å². The molecule has 0 aliphatic rings. The maximum atomic E-state index is 12.3. The van der Waals surface area contributed by atoms with E-state index >= 15 is 0 Å². The van der Waals surface area contributed by atoms with Crippen molar-refractivity contribution in [3.8, 4) is 0 Å². The van der Waals surface area contributed by atoms with Gasteiger partial charge in [-0.25, -0.2) is 0 Å². The molecule has 2 aromatic rings. The van der Waals surface area contributed by atoms with E-state index in [9.17, 15) is 4.79 Å². The van der Waals surface area contributed by atoms with Crippen LogP contribution in [-0.2, 0) is 19.9 Å². The van der Waals surface area contributed by atoms with E-state index in [-0.39, 0.29) is 5.91 Å². The number of carbonyl (C=O) groups is 1. The van der Waals surface area contributed by atoms with E-state index in [1.165, 1.54) is 16.7 Å². The van der Waals surface area contributed by atoms with Crippen molar-refractivity contribution in [2.45, 2.75) is 40.5 Å². The van der Waals surface area contributed by atoms with E-state index < -0.39 is 0 Å². The zero-order valence-corrected chi connectivity index (χ0v) is 14.8. The van der Waals surface area contributed by atoms with Gasteiger partial charge in [0.1, 0.15) is 5.69 Å². The van der Waals surface area contributed by atoms with Crippen LogP contribution in [0, 0.1) is 19.8 Å². The molecule has 0 spiro atoms. The summed E-state index contributed by atoms with van der Waals surface area (Å²) >= 11 is 0. The molecule has 0 atom stereocenters. The van der Waals surface area contributed by atoms with Crippen molar-refractivity contribution in [2.75, 3.05) is 6.54 Å². The number of carbonyl (C=O) groups excluding carboxylic acids is 1. The molecule has 0 saturated heterocycles. The Kier molecular flexibility index (Phi) is 5.59. The zero-order chi connectivity index (χ0) is 17.0. The van der Waals surface area contributed by atoms with Crippen LogP contribution in [0.2, 0.25) is 0 Å². The molecule has 1 aromatic carbocycles. The largest absolute Gasteiger partial charge is 0.350 e. The molecule has 4 nitrogen and oxygen atoms in total. The average molecular weight is 313 g/mol. The van der Waals surface area contributed by atoms with Crippen LogP contribution in [0.25, 0.3) is 0 Å². The Morgan fingerprint density at radius 1 is 1.26 bits per heavy atom. The molecule has 0 aliphatic carbocycles. The molecule has 23 heavy (non-hydrogen) atoms. The Morgan fingerprint density at radius 2 is 2.00 bits per heavy atom. The first-order valence-electron chi connectivity index (χ1n) is 8.24. The first-order valence-corrected chi connectivity index (χ1v) is 8.24. The third-order valence-corrected chi connectivity index (χ3v) is 3.96. The average Bonchev–Trinajstić information content (AvgIpc) is 2.82. The van der Waals surface area contributed by atoms with Crippen molar-refractivity contribution >= 4 is 5.91 Å². The second-order valence-electron chi connectivity index (χ2n) is 6.68. The van der Waals surface area contributed by atoms with Gasteiger partial charge < -0.3 is 5.32 Å². The van der Waals surface area contributed by atoms with Crippen molar-refractivity contribution in [1.29, 1.82) is 0 Å². The van der Waals surface area contributed by atoms with Gasteiger partial charge in [-0.1, -0.05) is 37.6 Å². The molecule has 0 fully saturated rings. The molecule has 124 valence electrons. The molecule has 0 saturated carbocycles. The Morgan fingerprint density at radius 3 is 2.70 bits per heavy atom. The molecule has 0 bridgehead atoms. The Hall–Kier alpha value is -2.10. The summed E-state index contributed by atoms with van der Waals surface area (Å²) in [7, 11) is 1.82. The molecule has 2 rings (SSSR count). The van der Waals surface area contributed by atoms with Crippen molar-refractivity contribution in [2.24, 2.45) is 13.0 Å². The van der Waals surface area contributed by atoms with Crippen LogP contribution in [0.1, 0.15) is 46.7 Å². The minimum atomic E-state index is -0.0553. The third kappa shape index (κ3) is 4.68. The van der Waals surface area contributed by atoms with Crippen LogP contribution < -0.4 is 5.32 Å². The Labute approximate surface area is 138 Å². The van der Waals surface area contributed by atoms with E-state index in [2.05, 4.69) is 56.3 Å². The fraction of sp³-hybridized carbons (Fsp3) is 0.474. The van der Waals surface area contributed by atoms with Crippen LogP contribution >= 0.6 is 0 Å². The summed E-state index contributed by atoms with van der Waals surface area (Å²) in [6, 6.07) is 8.33. The SMILES string of the molecule is Cc1ccc(C)c(CCNC(=O)c2cc(CC(C)C)nn2C)c1. The van der Waals surface area contributed by atoms with Gasteiger partial charge >= 0.3 is 0 Å². The van der Waals surface area contributed by atoms with Gasteiger partial charge in [0.25, 0.3) is 5.91 Å². The Bertz CT molecular complexity index is 686. The number of rotatable bonds is 6. The fourth-order valence-electron chi connectivity index (χ4n) is 2.73. The van der Waals surface area contributed by atoms with Gasteiger partial charge in [0.05, 0.1) is 5.69 Å². The van der Waals surface area contributed by atoms with Gasteiger partial charge in [-0.2, -0.15) is 5.10 Å². The number of benzene rings is 1. The van der Waals surface area contributed by atoms with Crippen molar-refractivity contribution < 1.29 is 4.79 Å². The molecular formula is C19H27N3O. The smallest absolute Gasteiger partial charge is 0.269 e. The molecule has 1 aromatic heterocycles. The molecule has 1 heterocycles. The number of aryl methyl sites for hydroxylation is 3. The van der Waals surface area contributed by atoms with Crippen molar-refractivity contribution in [3.05, 3.63) is 52.3 Å². The highest BCUT2D eigenvalue weighted by atomic mass is 16.2. The maximum Gasteiger partial charge on any atom is 0.269 e. The normalized spacial score (nSPS) is 11.0. The topological polar surface area (TPSA) is 46.9 Å². The summed E-state index contributed by atoms with van der Waals surface area (Å²) in [5.74, 6) is 0.477. The van der Waals surface area contributed by atoms with E-state index in [0.717, 1.165) is 18.5 Å². The second-order valence-corrected chi connectivity index (χ2v) is 6.68. The Balaban J connectivity index is 1.94. The highest BCUT2D eigenvalue weighted by Crippen LogP contribution is 2.11. The number of aromatic nitrogens is 2. The summed E-state index contributed by atoms with van der Waals surface area (Å²) in [6.07, 6.45) is 1.74. The molecule has 0 radical (unpaired) electrons. The lowest BCUT2D eigenvalue weighted by molar-refractivity contribution is 0.0944. The second kappa shape index (κ2) is 7.44. The minimum absolute atomic E-state index is 0.0553. The number of nitrogens with zero attached hydrogens (tertiary/aromatic N) is 2. The molecule has 0 unspecified atom stereocenters. The number of nitrogens with one attached hydrogen (secondary N) is 1. The maximum absolute atomic E-state index is 12.3. The molecule has 0 aliphatic heterocycles. The summed E-state index contributed by atoms with van der Waals surface area (Å²) in [5, 5.41) is 7.42. The summed E-state index contributed by atoms with van der Waals surface area (Å²) in [5.41, 5.74) is 5.41. The molecule has 4 heteroatoms. The van der Waals surface area contributed by atoms with Crippen molar-refractivity contribution in [1.82, 2.24) is 15.1 Å². The minimum Gasteiger partial charge on any atom is -0.350 e. The van der Waals surface area contributed by atoms with Gasteiger partial charge in [-0.05, 0) is 49.8 Å². The van der Waals surface area contributed by atoms with Gasteiger partial charge in [0.15, 0.2) is 0 Å². The molecule has 1 amide bonds. The van der Waals surface area contributed by atoms with Crippen LogP contribution in [-0.4, -0.2) is 22.2 Å². The number of amides is 1. The first-order chi connectivity index (χ1) is 10.9. The fourth-order valence-corrected chi connectivity index (χ4v) is 2.73. The number of hydrogen-bond acceptors (Lipinski definition) is 2. The summed E-state index contributed by atoms with van der Waals surface area (Å²) < 4.78 is 1.67. The van der Waals surface area contributed by atoms with Crippen LogP contribution in [0.4, 0.5) is 0 Å². The molecule has 1 N–H and O–H groups in total. The highest BCUT2D eigenvalue weighted by Gasteiger charge is 2.13. The highest BCUT2D eigenvalue weighted by molar-refractivity contribution is 5.92. The molecular weight excluding hydrogens is 286 g/mol. The van der Waals surface area contributed by atoms with Gasteiger partial charge in [-0.15, -0.1) is 0 Å². The lowest BCUT2D eigenvalue weighted by Crippen LogP contribution is -2.27. The van der Waals surface area contributed by atoms with E-state index in [0.29, 0.717) is 18.2 Å². The van der Waals surface area contributed by atoms with E-state index in [1.807, 2.05) is 13.1 Å². The predicted octanol–water partition coefficient (Wildman–Crippen LogP) is 3.21. The predicted molar refractivity (Wildman–Crippen MR) is 93.7 cm³/mol. The monoisotopic (exact) mass is 313 g/mol. The van der Waals surface area contributed by atoms with Crippen LogP contribution in [0.3, 0.4) is 0 Å². The number of hydrogen-bond donors (Lipinski definition) is 1. The van der Waals surface area contributed by atoms with E-state index in [1.54, 1.807) is 4.68 Å². The zero-order valence-electron chi connectivity index (χ0n) is 14.8. The summed E-state index contributed by atoms with van der Waals surface area (Å²) in [4.78, 5) is 12.3. The quantitative estimate of drug-likeness (QED) is 0.890.